The number of rotatable bonds is 3. The summed E-state index contributed by atoms with van der Waals surface area (Å²) in [5.74, 6) is -0.330. The number of benzene rings is 2. The van der Waals surface area contributed by atoms with Crippen molar-refractivity contribution in [3.63, 3.8) is 0 Å². The van der Waals surface area contributed by atoms with Gasteiger partial charge in [-0.25, -0.2) is 4.39 Å². The van der Waals surface area contributed by atoms with Gasteiger partial charge in [0.1, 0.15) is 5.75 Å². The number of pyridine rings is 1. The van der Waals surface area contributed by atoms with Crippen LogP contribution >= 0.6 is 11.6 Å². The molecule has 2 heterocycles. The minimum Gasteiger partial charge on any atom is -0.493 e. The highest BCUT2D eigenvalue weighted by molar-refractivity contribution is 6.33. The number of aromatic nitrogens is 1. The van der Waals surface area contributed by atoms with Crippen LogP contribution in [0.3, 0.4) is 0 Å². The Hall–Kier alpha value is -2.92. The van der Waals surface area contributed by atoms with Crippen molar-refractivity contribution in [2.45, 2.75) is 6.42 Å². The predicted molar refractivity (Wildman–Crippen MR) is 98.2 cm³/mol. The molecule has 3 aromatic rings. The zero-order valence-electron chi connectivity index (χ0n) is 13.6. The summed E-state index contributed by atoms with van der Waals surface area (Å²) in [5, 5.41) is 3.33. The summed E-state index contributed by atoms with van der Waals surface area (Å²) < 4.78 is 19.2. The average Bonchev–Trinajstić information content (AvgIpc) is 3.09. The van der Waals surface area contributed by atoms with Crippen LogP contribution in [-0.2, 0) is 6.42 Å². The highest BCUT2D eigenvalue weighted by atomic mass is 35.5. The largest absolute Gasteiger partial charge is 0.493 e. The molecule has 1 amide bonds. The molecule has 4 rings (SSSR count). The summed E-state index contributed by atoms with van der Waals surface area (Å²) in [4.78, 5) is 15.8. The minimum atomic E-state index is -0.661. The second-order valence-electron chi connectivity index (χ2n) is 5.93. The molecule has 0 saturated carbocycles. The Morgan fingerprint density at radius 2 is 2.00 bits per heavy atom. The molecule has 0 fully saturated rings. The molecule has 130 valence electrons. The van der Waals surface area contributed by atoms with E-state index in [1.807, 2.05) is 24.3 Å². The van der Waals surface area contributed by atoms with Crippen LogP contribution in [0.2, 0.25) is 5.02 Å². The second kappa shape index (κ2) is 6.77. The molecule has 0 radical (unpaired) electrons. The van der Waals surface area contributed by atoms with Gasteiger partial charge in [-0.15, -0.1) is 0 Å². The van der Waals surface area contributed by atoms with Crippen molar-refractivity contribution in [2.24, 2.45) is 0 Å². The Morgan fingerprint density at radius 3 is 2.77 bits per heavy atom. The molecule has 1 aromatic heterocycles. The number of hydrogen-bond donors (Lipinski definition) is 1. The van der Waals surface area contributed by atoms with Crippen LogP contribution < -0.4 is 10.1 Å². The summed E-state index contributed by atoms with van der Waals surface area (Å²) >= 11 is 6.39. The average molecular weight is 369 g/mol. The van der Waals surface area contributed by atoms with Crippen LogP contribution in [0.4, 0.5) is 10.1 Å². The number of nitrogens with one attached hydrogen (secondary N) is 1. The van der Waals surface area contributed by atoms with Gasteiger partial charge in [0.25, 0.3) is 5.91 Å². The number of carbonyl (C=O) groups is 1. The third-order valence-corrected chi connectivity index (χ3v) is 4.56. The number of carbonyl (C=O) groups excluding carboxylic acids is 1. The summed E-state index contributed by atoms with van der Waals surface area (Å²) in [6.45, 7) is 0.672. The Bertz CT molecular complexity index is 990. The number of hydrogen-bond acceptors (Lipinski definition) is 3. The SMILES string of the molecule is O=C(Nc1ccc(-c2cc3c(cc2Cl)CCO3)cc1)c1ccncc1F. The number of halogens is 2. The Kier molecular flexibility index (Phi) is 4.31. The normalized spacial score (nSPS) is 12.4. The Morgan fingerprint density at radius 1 is 1.19 bits per heavy atom. The summed E-state index contributed by atoms with van der Waals surface area (Å²) in [6, 6.07) is 12.4. The first-order chi connectivity index (χ1) is 12.6. The van der Waals surface area contributed by atoms with E-state index in [-0.39, 0.29) is 5.56 Å². The standard InChI is InChI=1S/C20H14ClFN2O2/c21-17-9-13-6-8-26-19(13)10-16(17)12-1-3-14(4-2-12)24-20(25)15-5-7-23-11-18(15)22/h1-5,7,9-11H,6,8H2,(H,24,25). The van der Waals surface area contributed by atoms with Gasteiger partial charge in [-0.2, -0.15) is 0 Å². The Labute approximate surface area is 154 Å². The smallest absolute Gasteiger partial charge is 0.258 e. The van der Waals surface area contributed by atoms with Gasteiger partial charge in [0.05, 0.1) is 18.4 Å². The quantitative estimate of drug-likeness (QED) is 0.727. The molecule has 0 unspecified atom stereocenters. The van der Waals surface area contributed by atoms with Gasteiger partial charge in [-0.05, 0) is 41.5 Å². The highest BCUT2D eigenvalue weighted by Crippen LogP contribution is 2.37. The van der Waals surface area contributed by atoms with E-state index in [0.29, 0.717) is 17.3 Å². The number of anilines is 1. The van der Waals surface area contributed by atoms with Crippen LogP contribution in [0.5, 0.6) is 5.75 Å². The van der Waals surface area contributed by atoms with Crippen molar-refractivity contribution in [1.29, 1.82) is 0 Å². The lowest BCUT2D eigenvalue weighted by atomic mass is 10.0. The van der Waals surface area contributed by atoms with Crippen molar-refractivity contribution < 1.29 is 13.9 Å². The summed E-state index contributed by atoms with van der Waals surface area (Å²) in [6.07, 6.45) is 3.25. The highest BCUT2D eigenvalue weighted by Gasteiger charge is 2.16. The second-order valence-corrected chi connectivity index (χ2v) is 6.33. The van der Waals surface area contributed by atoms with Crippen molar-refractivity contribution in [3.05, 3.63) is 76.8 Å². The lowest BCUT2D eigenvalue weighted by Gasteiger charge is -2.10. The zero-order chi connectivity index (χ0) is 18.1. The van der Waals surface area contributed by atoms with Crippen LogP contribution in [-0.4, -0.2) is 17.5 Å². The maximum absolute atomic E-state index is 13.6. The fourth-order valence-corrected chi connectivity index (χ4v) is 3.20. The van der Waals surface area contributed by atoms with Crippen molar-refractivity contribution >= 4 is 23.2 Å². The van der Waals surface area contributed by atoms with Crippen molar-refractivity contribution in [1.82, 2.24) is 4.98 Å². The zero-order valence-corrected chi connectivity index (χ0v) is 14.4. The number of nitrogens with zero attached hydrogens (tertiary/aromatic N) is 1. The van der Waals surface area contributed by atoms with Crippen LogP contribution in [0, 0.1) is 5.82 Å². The predicted octanol–water partition coefficient (Wildman–Crippen LogP) is 4.73. The van der Waals surface area contributed by atoms with Gasteiger partial charge in [-0.1, -0.05) is 23.7 Å². The van der Waals surface area contributed by atoms with E-state index in [1.54, 1.807) is 12.1 Å². The molecule has 0 saturated heterocycles. The molecule has 26 heavy (non-hydrogen) atoms. The maximum Gasteiger partial charge on any atom is 0.258 e. The molecule has 4 nitrogen and oxygen atoms in total. The number of ether oxygens (including phenoxy) is 1. The molecule has 1 aliphatic heterocycles. The monoisotopic (exact) mass is 368 g/mol. The van der Waals surface area contributed by atoms with Gasteiger partial charge in [0, 0.05) is 28.9 Å². The fraction of sp³-hybridized carbons (Fsp3) is 0.100. The van der Waals surface area contributed by atoms with E-state index in [2.05, 4.69) is 10.3 Å². The van der Waals surface area contributed by atoms with E-state index < -0.39 is 11.7 Å². The van der Waals surface area contributed by atoms with E-state index >= 15 is 0 Å². The molecule has 1 N–H and O–H groups in total. The topological polar surface area (TPSA) is 51.2 Å². The van der Waals surface area contributed by atoms with E-state index in [9.17, 15) is 9.18 Å². The van der Waals surface area contributed by atoms with Crippen LogP contribution in [0.1, 0.15) is 15.9 Å². The maximum atomic E-state index is 13.6. The first kappa shape index (κ1) is 16.5. The van der Waals surface area contributed by atoms with Gasteiger partial charge in [0.15, 0.2) is 5.82 Å². The van der Waals surface area contributed by atoms with Gasteiger partial charge in [-0.3, -0.25) is 9.78 Å². The lowest BCUT2D eigenvalue weighted by molar-refractivity contribution is 0.102. The van der Waals surface area contributed by atoms with Gasteiger partial charge in [0.2, 0.25) is 0 Å². The lowest BCUT2D eigenvalue weighted by Crippen LogP contribution is -2.13. The first-order valence-electron chi connectivity index (χ1n) is 8.08. The molecule has 0 bridgehead atoms. The summed E-state index contributed by atoms with van der Waals surface area (Å²) in [5.41, 5.74) is 3.39. The molecular weight excluding hydrogens is 355 g/mol. The van der Waals surface area contributed by atoms with E-state index in [4.69, 9.17) is 16.3 Å². The van der Waals surface area contributed by atoms with Gasteiger partial charge < -0.3 is 10.1 Å². The van der Waals surface area contributed by atoms with E-state index in [1.165, 1.54) is 12.3 Å². The van der Waals surface area contributed by atoms with Crippen LogP contribution in [0.25, 0.3) is 11.1 Å². The molecule has 0 spiro atoms. The third-order valence-electron chi connectivity index (χ3n) is 4.25. The Balaban J connectivity index is 1.56. The van der Waals surface area contributed by atoms with Crippen LogP contribution in [0.15, 0.2) is 54.9 Å². The number of amides is 1. The molecule has 0 aliphatic carbocycles. The third kappa shape index (κ3) is 3.13. The molecule has 0 atom stereocenters. The molecule has 1 aliphatic rings. The van der Waals surface area contributed by atoms with Crippen molar-refractivity contribution in [3.8, 4) is 16.9 Å². The number of fused-ring (bicyclic) bond motifs is 1. The minimum absolute atomic E-state index is 0.0529. The summed E-state index contributed by atoms with van der Waals surface area (Å²) in [7, 11) is 0. The first-order valence-corrected chi connectivity index (χ1v) is 8.46. The van der Waals surface area contributed by atoms with E-state index in [0.717, 1.165) is 35.1 Å². The fourth-order valence-electron chi connectivity index (χ4n) is 2.91. The molecular formula is C20H14ClFN2O2. The van der Waals surface area contributed by atoms with Crippen molar-refractivity contribution in [2.75, 3.05) is 11.9 Å². The molecule has 2 aromatic carbocycles. The van der Waals surface area contributed by atoms with Gasteiger partial charge >= 0.3 is 0 Å². The molecule has 6 heteroatoms.